The molecule has 10 aliphatic rings. The van der Waals surface area contributed by atoms with Crippen molar-refractivity contribution in [2.45, 2.75) is 177 Å². The van der Waals surface area contributed by atoms with Crippen LogP contribution >= 0.6 is 0 Å². The first kappa shape index (κ1) is 35.9. The van der Waals surface area contributed by atoms with Gasteiger partial charge in [-0.1, -0.05) is 0 Å². The minimum Gasteiger partial charge on any atom is -0.388 e. The molecule has 16 nitrogen and oxygen atoms in total. The Balaban J connectivity index is 0.000000138. The molecule has 0 aromatic rings. The molecule has 288 valence electrons. The first-order valence-corrected chi connectivity index (χ1v) is 18.4. The van der Waals surface area contributed by atoms with Crippen LogP contribution in [-0.2, 0) is 66.5 Å². The van der Waals surface area contributed by atoms with Gasteiger partial charge < -0.3 is 57.6 Å². The fourth-order valence-electron chi connectivity index (χ4n) is 10.6. The molecule has 0 amide bonds. The highest BCUT2D eigenvalue weighted by Crippen LogP contribution is 2.53. The number of carbonyl (C=O) groups excluding carboxylic acids is 4. The van der Waals surface area contributed by atoms with Gasteiger partial charge in [0.1, 0.15) is 61.0 Å². The summed E-state index contributed by atoms with van der Waals surface area (Å²) in [6, 6.07) is 0. The Morgan fingerprint density at radius 2 is 0.731 bits per heavy atom. The lowest BCUT2D eigenvalue weighted by Crippen LogP contribution is -2.58. The highest BCUT2D eigenvalue weighted by atomic mass is 16.8. The van der Waals surface area contributed by atoms with Crippen molar-refractivity contribution in [2.24, 2.45) is 23.7 Å². The van der Waals surface area contributed by atoms with E-state index in [1.165, 1.54) is 0 Å². The molecule has 0 aromatic carbocycles. The SMILES string of the molecule is CC1(C)O[C@@H]2[C@@H](O)[C@H]3O[C@H]4[C@H](CC(=O)[C@@H]5OC(C)(C)O[C@H]45)[C@H]3C(=O)[C@@H]2O1.CC1(C)O[C@@H]2[C@@H](O)[C@H]3O[C@H]4[C@H](CC(=O)[C@@H]5OC(C)(C)O[C@H]45)[C@H]3C(=O)[C@@H]2O1. The van der Waals surface area contributed by atoms with Gasteiger partial charge in [-0.05, 0) is 55.4 Å². The van der Waals surface area contributed by atoms with E-state index in [2.05, 4.69) is 0 Å². The van der Waals surface area contributed by atoms with E-state index >= 15 is 0 Å². The quantitative estimate of drug-likeness (QED) is 0.333. The van der Waals surface area contributed by atoms with Crippen LogP contribution in [0.25, 0.3) is 0 Å². The van der Waals surface area contributed by atoms with Gasteiger partial charge in [-0.15, -0.1) is 0 Å². The van der Waals surface area contributed by atoms with Crippen LogP contribution in [0.2, 0.25) is 0 Å². The Bertz CT molecular complexity index is 1460. The normalized spacial score (nSPS) is 53.8. The van der Waals surface area contributed by atoms with Gasteiger partial charge in [0, 0.05) is 24.7 Å². The maximum atomic E-state index is 13.1. The average Bonchev–Trinajstić information content (AvgIpc) is 3.86. The number of hydrogen-bond donors (Lipinski definition) is 2. The lowest BCUT2D eigenvalue weighted by molar-refractivity contribution is -0.178. The number of carbonyl (C=O) groups is 4. The van der Waals surface area contributed by atoms with E-state index in [9.17, 15) is 29.4 Å². The number of ketones is 4. The van der Waals surface area contributed by atoms with Crippen LogP contribution in [0, 0.1) is 23.7 Å². The number of hydrogen-bond acceptors (Lipinski definition) is 16. The highest BCUT2D eigenvalue weighted by Gasteiger charge is 2.70. The Hall–Kier alpha value is -1.80. The number of fused-ring (bicyclic) bond motifs is 12. The monoisotopic (exact) mass is 736 g/mol. The molecule has 0 bridgehead atoms. The maximum absolute atomic E-state index is 13.1. The predicted molar refractivity (Wildman–Crippen MR) is 168 cm³/mol. The Morgan fingerprint density at radius 3 is 1.08 bits per heavy atom. The van der Waals surface area contributed by atoms with Crippen LogP contribution in [-0.4, -0.2) is 142 Å². The van der Waals surface area contributed by atoms with Crippen molar-refractivity contribution in [2.75, 3.05) is 0 Å². The zero-order valence-electron chi connectivity index (χ0n) is 30.4. The zero-order chi connectivity index (χ0) is 37.2. The molecule has 0 spiro atoms. The summed E-state index contributed by atoms with van der Waals surface area (Å²) in [6.45, 7) is 13.9. The van der Waals surface area contributed by atoms with E-state index in [0.717, 1.165) is 0 Å². The second-order valence-corrected chi connectivity index (χ2v) is 17.7. The number of rotatable bonds is 0. The lowest BCUT2D eigenvalue weighted by atomic mass is 9.69. The van der Waals surface area contributed by atoms with Gasteiger partial charge in [0.15, 0.2) is 46.3 Å². The summed E-state index contributed by atoms with van der Waals surface area (Å²) in [7, 11) is 0. The Morgan fingerprint density at radius 1 is 0.423 bits per heavy atom. The molecule has 10 fully saturated rings. The molecule has 4 aliphatic carbocycles. The topological polar surface area (TPSA) is 201 Å². The average molecular weight is 737 g/mol. The molecule has 18 atom stereocenters. The van der Waals surface area contributed by atoms with Crippen molar-refractivity contribution in [1.29, 1.82) is 0 Å². The highest BCUT2D eigenvalue weighted by molar-refractivity contribution is 5.92. The van der Waals surface area contributed by atoms with E-state index < -0.39 is 120 Å². The number of aliphatic hydroxyl groups is 2. The van der Waals surface area contributed by atoms with Crippen LogP contribution < -0.4 is 0 Å². The smallest absolute Gasteiger partial charge is 0.170 e. The minimum atomic E-state index is -1.00. The van der Waals surface area contributed by atoms with Crippen molar-refractivity contribution < 1.29 is 76.8 Å². The molecule has 0 unspecified atom stereocenters. The van der Waals surface area contributed by atoms with Crippen LogP contribution in [0.3, 0.4) is 0 Å². The predicted octanol–water partition coefficient (Wildman–Crippen LogP) is -0.114. The summed E-state index contributed by atoms with van der Waals surface area (Å²) in [5.41, 5.74) is 0. The molecular weight excluding hydrogens is 688 g/mol. The van der Waals surface area contributed by atoms with E-state index in [4.69, 9.17) is 47.4 Å². The molecule has 52 heavy (non-hydrogen) atoms. The van der Waals surface area contributed by atoms with Gasteiger partial charge in [-0.2, -0.15) is 0 Å². The molecule has 6 saturated heterocycles. The third-order valence-corrected chi connectivity index (χ3v) is 12.3. The van der Waals surface area contributed by atoms with Gasteiger partial charge in [-0.3, -0.25) is 19.2 Å². The number of aliphatic hydroxyl groups excluding tert-OH is 2. The first-order valence-electron chi connectivity index (χ1n) is 18.4. The zero-order valence-corrected chi connectivity index (χ0v) is 30.4. The Kier molecular flexibility index (Phi) is 7.85. The summed E-state index contributed by atoms with van der Waals surface area (Å²) in [5.74, 6) is -6.04. The molecule has 10 rings (SSSR count). The minimum absolute atomic E-state index is 0.0839. The molecule has 2 N–H and O–H groups in total. The van der Waals surface area contributed by atoms with Gasteiger partial charge in [0.2, 0.25) is 0 Å². The third kappa shape index (κ3) is 5.31. The van der Waals surface area contributed by atoms with Crippen LogP contribution in [0.4, 0.5) is 0 Å². The summed E-state index contributed by atoms with van der Waals surface area (Å²) in [5, 5.41) is 21.6. The van der Waals surface area contributed by atoms with Crippen molar-refractivity contribution in [3.05, 3.63) is 0 Å². The van der Waals surface area contributed by atoms with Crippen molar-refractivity contribution in [3.63, 3.8) is 0 Å². The number of Topliss-reactive ketones (excluding diaryl/α,β-unsaturated/α-hetero) is 4. The van der Waals surface area contributed by atoms with Crippen molar-refractivity contribution in [1.82, 2.24) is 0 Å². The van der Waals surface area contributed by atoms with Gasteiger partial charge in [0.05, 0.1) is 36.3 Å². The van der Waals surface area contributed by atoms with Crippen LogP contribution in [0.15, 0.2) is 0 Å². The van der Waals surface area contributed by atoms with Gasteiger partial charge in [-0.25, -0.2) is 0 Å². The lowest BCUT2D eigenvalue weighted by Gasteiger charge is -2.36. The molecule has 0 radical (unpaired) electrons. The standard InChI is InChI=1S/2C18H24O8/c2*1-17(2)23-12-7(19)5-6-8-9(20)14-15(25-18(3,4)24-14)10(21)13(8)22-11(6)16(12)26-17/h2*6,8,10-16,21H,5H2,1-4H3/t2*6-,8+,10+,11+,12+,13+,14+,15-,16-/m11/s1. The summed E-state index contributed by atoms with van der Waals surface area (Å²) in [6.07, 6.45) is -9.77. The molecule has 16 heteroatoms. The first-order chi connectivity index (χ1) is 24.2. The molecule has 6 heterocycles. The van der Waals surface area contributed by atoms with E-state index in [-0.39, 0.29) is 47.8 Å². The Labute approximate surface area is 300 Å². The second kappa shape index (κ2) is 11.4. The fraction of sp³-hybridized carbons (Fsp3) is 0.889. The maximum Gasteiger partial charge on any atom is 0.170 e. The van der Waals surface area contributed by atoms with E-state index in [1.807, 2.05) is 0 Å². The van der Waals surface area contributed by atoms with Gasteiger partial charge >= 0.3 is 0 Å². The summed E-state index contributed by atoms with van der Waals surface area (Å²) < 4.78 is 58.5. The van der Waals surface area contributed by atoms with E-state index in [0.29, 0.717) is 0 Å². The number of ether oxygens (including phenoxy) is 10. The summed E-state index contributed by atoms with van der Waals surface area (Å²) >= 11 is 0. The van der Waals surface area contributed by atoms with E-state index in [1.54, 1.807) is 55.4 Å². The molecular formula is C36H48O16. The van der Waals surface area contributed by atoms with Crippen molar-refractivity contribution in [3.8, 4) is 0 Å². The van der Waals surface area contributed by atoms with Gasteiger partial charge in [0.25, 0.3) is 0 Å². The van der Waals surface area contributed by atoms with Crippen molar-refractivity contribution >= 4 is 23.1 Å². The largest absolute Gasteiger partial charge is 0.388 e. The summed E-state index contributed by atoms with van der Waals surface area (Å²) in [4.78, 5) is 51.5. The van der Waals surface area contributed by atoms with Crippen LogP contribution in [0.5, 0.6) is 0 Å². The fourth-order valence-corrected chi connectivity index (χ4v) is 10.6. The molecule has 0 aromatic heterocycles. The molecule has 4 saturated carbocycles. The van der Waals surface area contributed by atoms with Crippen LogP contribution in [0.1, 0.15) is 68.2 Å². The second-order valence-electron chi connectivity index (χ2n) is 17.7. The third-order valence-electron chi connectivity index (χ3n) is 12.3. The molecule has 6 aliphatic heterocycles.